The van der Waals surface area contributed by atoms with Gasteiger partial charge in [0.1, 0.15) is 5.75 Å². The lowest BCUT2D eigenvalue weighted by Crippen LogP contribution is -2.36. The average molecular weight is 313 g/mol. The van der Waals surface area contributed by atoms with Gasteiger partial charge in [0.2, 0.25) is 0 Å². The molecule has 1 aromatic heterocycles. The van der Waals surface area contributed by atoms with Gasteiger partial charge in [-0.1, -0.05) is 0 Å². The van der Waals surface area contributed by atoms with Crippen LogP contribution < -0.4 is 10.1 Å². The molecule has 1 N–H and O–H groups in total. The molecule has 124 valence electrons. The third-order valence-electron chi connectivity index (χ3n) is 4.93. The minimum absolute atomic E-state index is 0.544. The molecule has 1 fully saturated rings. The van der Waals surface area contributed by atoms with Crippen LogP contribution in [-0.2, 0) is 0 Å². The van der Waals surface area contributed by atoms with Crippen molar-refractivity contribution in [3.63, 3.8) is 0 Å². The van der Waals surface area contributed by atoms with Crippen LogP contribution in [0.5, 0.6) is 5.75 Å². The molecule has 0 bridgehead atoms. The van der Waals surface area contributed by atoms with Gasteiger partial charge in [-0.2, -0.15) is 0 Å². The molecule has 1 aromatic carbocycles. The van der Waals surface area contributed by atoms with Crippen LogP contribution in [0.4, 0.5) is 5.69 Å². The van der Waals surface area contributed by atoms with Crippen LogP contribution in [0.3, 0.4) is 0 Å². The average Bonchev–Trinajstić information content (AvgIpc) is 2.55. The Hall–Kier alpha value is -1.81. The summed E-state index contributed by atoms with van der Waals surface area (Å²) in [5.74, 6) is 0.877. The number of hydrogen-bond donors (Lipinski definition) is 1. The van der Waals surface area contributed by atoms with Crippen LogP contribution in [0.15, 0.2) is 24.3 Å². The Kier molecular flexibility index (Phi) is 4.71. The zero-order valence-electron chi connectivity index (χ0n) is 14.6. The maximum Gasteiger partial charge on any atom is 0.119 e. The number of aromatic nitrogens is 1. The third kappa shape index (κ3) is 3.58. The van der Waals surface area contributed by atoms with Gasteiger partial charge >= 0.3 is 0 Å². The molecule has 0 unspecified atom stereocenters. The quantitative estimate of drug-likeness (QED) is 0.930. The van der Waals surface area contributed by atoms with E-state index < -0.39 is 0 Å². The molecule has 1 aliphatic carbocycles. The number of aryl methyl sites for hydroxylation is 1. The monoisotopic (exact) mass is 313 g/mol. The SMILES string of the molecule is COc1ccc2nc(C)cc(NC3CCC(N(C)C)CC3)c2c1. The van der Waals surface area contributed by atoms with Gasteiger partial charge in [-0.3, -0.25) is 4.98 Å². The fourth-order valence-electron chi connectivity index (χ4n) is 3.54. The summed E-state index contributed by atoms with van der Waals surface area (Å²) in [6, 6.07) is 9.51. The molecule has 3 rings (SSSR count). The summed E-state index contributed by atoms with van der Waals surface area (Å²) in [5.41, 5.74) is 3.25. The fourth-order valence-corrected chi connectivity index (χ4v) is 3.54. The number of fused-ring (bicyclic) bond motifs is 1. The summed E-state index contributed by atoms with van der Waals surface area (Å²) in [4.78, 5) is 6.99. The van der Waals surface area contributed by atoms with Crippen molar-refractivity contribution in [2.75, 3.05) is 26.5 Å². The van der Waals surface area contributed by atoms with Gasteiger partial charge in [0.25, 0.3) is 0 Å². The van der Waals surface area contributed by atoms with Gasteiger partial charge in [0.05, 0.1) is 12.6 Å². The van der Waals surface area contributed by atoms with E-state index in [1.807, 2.05) is 12.1 Å². The number of pyridine rings is 1. The van der Waals surface area contributed by atoms with Crippen molar-refractivity contribution in [1.29, 1.82) is 0 Å². The zero-order chi connectivity index (χ0) is 16.4. The first-order chi connectivity index (χ1) is 11.1. The largest absolute Gasteiger partial charge is 0.497 e. The van der Waals surface area contributed by atoms with Gasteiger partial charge in [-0.25, -0.2) is 0 Å². The number of rotatable bonds is 4. The number of benzene rings is 1. The maximum absolute atomic E-state index is 5.38. The Morgan fingerprint density at radius 3 is 2.52 bits per heavy atom. The molecule has 1 saturated carbocycles. The van der Waals surface area contributed by atoms with Crippen molar-refractivity contribution in [2.24, 2.45) is 0 Å². The Labute approximate surface area is 138 Å². The third-order valence-corrected chi connectivity index (χ3v) is 4.93. The van der Waals surface area contributed by atoms with Crippen molar-refractivity contribution >= 4 is 16.6 Å². The van der Waals surface area contributed by atoms with Gasteiger partial charge in [0, 0.05) is 28.9 Å². The summed E-state index contributed by atoms with van der Waals surface area (Å²) in [6.45, 7) is 2.05. The summed E-state index contributed by atoms with van der Waals surface area (Å²) in [5, 5.41) is 4.90. The van der Waals surface area contributed by atoms with Crippen molar-refractivity contribution < 1.29 is 4.74 Å². The number of methoxy groups -OCH3 is 1. The van der Waals surface area contributed by atoms with Crippen LogP contribution in [-0.4, -0.2) is 43.2 Å². The van der Waals surface area contributed by atoms with E-state index in [0.717, 1.165) is 28.4 Å². The van der Waals surface area contributed by atoms with E-state index in [0.29, 0.717) is 6.04 Å². The number of nitrogens with one attached hydrogen (secondary N) is 1. The molecule has 0 aliphatic heterocycles. The van der Waals surface area contributed by atoms with Crippen LogP contribution >= 0.6 is 0 Å². The molecule has 4 nitrogen and oxygen atoms in total. The summed E-state index contributed by atoms with van der Waals surface area (Å²) in [6.07, 6.45) is 4.96. The van der Waals surface area contributed by atoms with Crippen molar-refractivity contribution in [3.05, 3.63) is 30.0 Å². The number of nitrogens with zero attached hydrogens (tertiary/aromatic N) is 2. The lowest BCUT2D eigenvalue weighted by Gasteiger charge is -2.33. The van der Waals surface area contributed by atoms with E-state index >= 15 is 0 Å². The van der Waals surface area contributed by atoms with Gasteiger partial charge in [-0.05, 0) is 71.0 Å². The van der Waals surface area contributed by atoms with Gasteiger partial charge < -0.3 is 15.0 Å². The normalized spacial score (nSPS) is 21.6. The Morgan fingerprint density at radius 2 is 1.87 bits per heavy atom. The van der Waals surface area contributed by atoms with E-state index in [2.05, 4.69) is 48.4 Å². The highest BCUT2D eigenvalue weighted by molar-refractivity contribution is 5.92. The number of anilines is 1. The molecule has 0 saturated heterocycles. The summed E-state index contributed by atoms with van der Waals surface area (Å²) in [7, 11) is 6.08. The van der Waals surface area contributed by atoms with E-state index in [1.54, 1.807) is 7.11 Å². The van der Waals surface area contributed by atoms with Crippen LogP contribution in [0.25, 0.3) is 10.9 Å². The molecule has 23 heavy (non-hydrogen) atoms. The highest BCUT2D eigenvalue weighted by Crippen LogP contribution is 2.30. The lowest BCUT2D eigenvalue weighted by atomic mass is 9.90. The predicted octanol–water partition coefficient (Wildman–Crippen LogP) is 3.84. The lowest BCUT2D eigenvalue weighted by molar-refractivity contribution is 0.221. The van der Waals surface area contributed by atoms with Crippen LogP contribution in [0, 0.1) is 6.92 Å². The predicted molar refractivity (Wildman–Crippen MR) is 96.4 cm³/mol. The van der Waals surface area contributed by atoms with Crippen LogP contribution in [0.1, 0.15) is 31.4 Å². The summed E-state index contributed by atoms with van der Waals surface area (Å²) < 4.78 is 5.38. The smallest absolute Gasteiger partial charge is 0.119 e. The van der Waals surface area contributed by atoms with Crippen LogP contribution in [0.2, 0.25) is 0 Å². The Balaban J connectivity index is 1.82. The number of ether oxygens (including phenoxy) is 1. The second-order valence-corrected chi connectivity index (χ2v) is 6.81. The molecular formula is C19H27N3O. The first-order valence-corrected chi connectivity index (χ1v) is 8.45. The highest BCUT2D eigenvalue weighted by atomic mass is 16.5. The second kappa shape index (κ2) is 6.75. The molecule has 1 heterocycles. The first kappa shape index (κ1) is 16.1. The molecular weight excluding hydrogens is 286 g/mol. The molecule has 1 aliphatic rings. The van der Waals surface area contributed by atoms with E-state index in [9.17, 15) is 0 Å². The zero-order valence-corrected chi connectivity index (χ0v) is 14.6. The topological polar surface area (TPSA) is 37.4 Å². The number of hydrogen-bond acceptors (Lipinski definition) is 4. The molecule has 0 amide bonds. The summed E-state index contributed by atoms with van der Waals surface area (Å²) >= 11 is 0. The second-order valence-electron chi connectivity index (χ2n) is 6.81. The minimum atomic E-state index is 0.544. The standard InChI is InChI=1S/C19H27N3O/c1-13-11-19(17-12-16(23-4)9-10-18(17)20-13)21-14-5-7-15(8-6-14)22(2)3/h9-12,14-15H,5-8H2,1-4H3,(H,20,21). The van der Waals surface area contributed by atoms with Crippen molar-refractivity contribution in [1.82, 2.24) is 9.88 Å². The Bertz CT molecular complexity index is 676. The highest BCUT2D eigenvalue weighted by Gasteiger charge is 2.22. The maximum atomic E-state index is 5.38. The van der Waals surface area contributed by atoms with Crippen molar-refractivity contribution in [3.8, 4) is 5.75 Å². The molecule has 4 heteroatoms. The molecule has 0 spiro atoms. The van der Waals surface area contributed by atoms with E-state index in [1.165, 1.54) is 31.4 Å². The van der Waals surface area contributed by atoms with E-state index in [-0.39, 0.29) is 0 Å². The first-order valence-electron chi connectivity index (χ1n) is 8.45. The Morgan fingerprint density at radius 1 is 1.13 bits per heavy atom. The molecule has 0 atom stereocenters. The molecule has 2 aromatic rings. The van der Waals surface area contributed by atoms with Gasteiger partial charge in [0.15, 0.2) is 0 Å². The van der Waals surface area contributed by atoms with Gasteiger partial charge in [-0.15, -0.1) is 0 Å². The van der Waals surface area contributed by atoms with Crippen molar-refractivity contribution in [2.45, 2.75) is 44.7 Å². The molecule has 0 radical (unpaired) electrons. The minimum Gasteiger partial charge on any atom is -0.497 e. The van der Waals surface area contributed by atoms with E-state index in [4.69, 9.17) is 4.74 Å². The fraction of sp³-hybridized carbons (Fsp3) is 0.526.